The minimum Gasteiger partial charge on any atom is -0.370 e. The van der Waals surface area contributed by atoms with Crippen LogP contribution in [0.4, 0.5) is 0 Å². The van der Waals surface area contributed by atoms with Gasteiger partial charge in [-0.2, -0.15) is 0 Å². The number of benzene rings is 1. The molecule has 22 heavy (non-hydrogen) atoms. The molecule has 1 aliphatic rings. The van der Waals surface area contributed by atoms with Crippen molar-refractivity contribution in [1.29, 1.82) is 0 Å². The van der Waals surface area contributed by atoms with Crippen LogP contribution in [-0.4, -0.2) is 18.0 Å². The summed E-state index contributed by atoms with van der Waals surface area (Å²) in [7, 11) is 0. The molecule has 3 unspecified atom stereocenters. The standard InChI is InChI=1S/C17H27N5/c1-5-12(3)17(14-10-8-7-9-11-14)21-15(18)20-16(22-17)19-13(4)6-2/h7-13H,5-6H2,1-4H3,(H4,18,19,20,21,22). The normalized spacial score (nSPS) is 25.8. The molecule has 2 rings (SSSR count). The SMILES string of the molecule is CCC(C)N=C1NC(N)=NC(c2ccccc2)(C(C)CC)N1. The number of nitrogens with one attached hydrogen (secondary N) is 2. The van der Waals surface area contributed by atoms with E-state index in [0.29, 0.717) is 11.9 Å². The first-order chi connectivity index (χ1) is 10.5. The number of aliphatic imine (C=N–C) groups is 2. The number of guanidine groups is 2. The van der Waals surface area contributed by atoms with Gasteiger partial charge >= 0.3 is 0 Å². The molecule has 3 atom stereocenters. The highest BCUT2D eigenvalue weighted by Gasteiger charge is 2.40. The molecule has 0 aromatic heterocycles. The van der Waals surface area contributed by atoms with E-state index in [0.717, 1.165) is 18.4 Å². The van der Waals surface area contributed by atoms with E-state index >= 15 is 0 Å². The van der Waals surface area contributed by atoms with Gasteiger partial charge in [0.15, 0.2) is 11.6 Å². The second-order valence-electron chi connectivity index (χ2n) is 5.92. The highest BCUT2D eigenvalue weighted by atomic mass is 15.4. The molecule has 0 saturated carbocycles. The maximum absolute atomic E-state index is 6.07. The smallest absolute Gasteiger partial charge is 0.200 e. The van der Waals surface area contributed by atoms with Crippen LogP contribution in [0.3, 0.4) is 0 Å². The lowest BCUT2D eigenvalue weighted by Gasteiger charge is -2.41. The molecular weight excluding hydrogens is 274 g/mol. The second-order valence-corrected chi connectivity index (χ2v) is 5.92. The second kappa shape index (κ2) is 6.81. The van der Waals surface area contributed by atoms with Gasteiger partial charge in [-0.3, -0.25) is 5.32 Å². The highest BCUT2D eigenvalue weighted by molar-refractivity contribution is 6.00. The highest BCUT2D eigenvalue weighted by Crippen LogP contribution is 2.34. The Hall–Kier alpha value is -2.04. The van der Waals surface area contributed by atoms with E-state index in [4.69, 9.17) is 10.7 Å². The quantitative estimate of drug-likeness (QED) is 0.782. The topological polar surface area (TPSA) is 74.8 Å². The zero-order valence-electron chi connectivity index (χ0n) is 13.9. The first-order valence-electron chi connectivity index (χ1n) is 8.05. The van der Waals surface area contributed by atoms with Crippen LogP contribution in [0.2, 0.25) is 0 Å². The number of hydrogen-bond donors (Lipinski definition) is 3. The molecule has 4 N–H and O–H groups in total. The van der Waals surface area contributed by atoms with Crippen molar-refractivity contribution in [3.05, 3.63) is 35.9 Å². The molecule has 0 bridgehead atoms. The van der Waals surface area contributed by atoms with Crippen molar-refractivity contribution in [2.75, 3.05) is 0 Å². The van der Waals surface area contributed by atoms with Crippen LogP contribution in [0.15, 0.2) is 40.3 Å². The van der Waals surface area contributed by atoms with Gasteiger partial charge in [0.1, 0.15) is 0 Å². The van der Waals surface area contributed by atoms with Gasteiger partial charge in [-0.15, -0.1) is 0 Å². The van der Waals surface area contributed by atoms with Crippen molar-refractivity contribution >= 4 is 11.9 Å². The number of hydrogen-bond acceptors (Lipinski definition) is 3. The van der Waals surface area contributed by atoms with Gasteiger partial charge in [0, 0.05) is 5.92 Å². The van der Waals surface area contributed by atoms with Crippen LogP contribution >= 0.6 is 0 Å². The fourth-order valence-electron chi connectivity index (χ4n) is 2.60. The Morgan fingerprint density at radius 2 is 1.86 bits per heavy atom. The van der Waals surface area contributed by atoms with Crippen LogP contribution in [0.1, 0.15) is 46.1 Å². The summed E-state index contributed by atoms with van der Waals surface area (Å²) in [5, 5.41) is 6.55. The summed E-state index contributed by atoms with van der Waals surface area (Å²) in [4.78, 5) is 9.41. The molecule has 1 heterocycles. The summed E-state index contributed by atoms with van der Waals surface area (Å²) in [6, 6.07) is 10.5. The summed E-state index contributed by atoms with van der Waals surface area (Å²) < 4.78 is 0. The molecule has 0 aliphatic carbocycles. The molecule has 1 aromatic carbocycles. The molecule has 120 valence electrons. The third-order valence-electron chi connectivity index (χ3n) is 4.33. The Morgan fingerprint density at radius 1 is 1.18 bits per heavy atom. The van der Waals surface area contributed by atoms with Crippen molar-refractivity contribution in [3.8, 4) is 0 Å². The lowest BCUT2D eigenvalue weighted by Crippen LogP contribution is -2.61. The van der Waals surface area contributed by atoms with Crippen molar-refractivity contribution in [3.63, 3.8) is 0 Å². The van der Waals surface area contributed by atoms with E-state index in [2.05, 4.69) is 55.5 Å². The van der Waals surface area contributed by atoms with Gasteiger partial charge in [0.2, 0.25) is 5.96 Å². The monoisotopic (exact) mass is 301 g/mol. The number of nitrogens with two attached hydrogens (primary N) is 1. The maximum atomic E-state index is 6.07. The van der Waals surface area contributed by atoms with Crippen molar-refractivity contribution in [2.24, 2.45) is 21.6 Å². The molecule has 0 spiro atoms. The Balaban J connectivity index is 2.49. The minimum absolute atomic E-state index is 0.228. The first-order valence-corrected chi connectivity index (χ1v) is 8.05. The van der Waals surface area contributed by atoms with E-state index in [9.17, 15) is 0 Å². The fraction of sp³-hybridized carbons (Fsp3) is 0.529. The van der Waals surface area contributed by atoms with Crippen molar-refractivity contribution in [1.82, 2.24) is 10.6 Å². The van der Waals surface area contributed by atoms with Gasteiger partial charge in [-0.1, -0.05) is 51.1 Å². The number of nitrogens with zero attached hydrogens (tertiary/aromatic N) is 2. The van der Waals surface area contributed by atoms with E-state index in [-0.39, 0.29) is 12.0 Å². The van der Waals surface area contributed by atoms with Crippen LogP contribution in [0.25, 0.3) is 0 Å². The van der Waals surface area contributed by atoms with Gasteiger partial charge < -0.3 is 11.1 Å². The molecule has 5 nitrogen and oxygen atoms in total. The summed E-state index contributed by atoms with van der Waals surface area (Å²) in [6.07, 6.45) is 1.96. The first kappa shape index (κ1) is 16.3. The lowest BCUT2D eigenvalue weighted by molar-refractivity contribution is 0.257. The fourth-order valence-corrected chi connectivity index (χ4v) is 2.60. The van der Waals surface area contributed by atoms with Crippen LogP contribution < -0.4 is 16.4 Å². The number of rotatable bonds is 5. The molecule has 0 amide bonds. The van der Waals surface area contributed by atoms with Crippen molar-refractivity contribution < 1.29 is 0 Å². The molecule has 1 aromatic rings. The Morgan fingerprint density at radius 3 is 2.45 bits per heavy atom. The van der Waals surface area contributed by atoms with E-state index in [1.54, 1.807) is 0 Å². The van der Waals surface area contributed by atoms with Crippen LogP contribution in [0, 0.1) is 5.92 Å². The molecule has 0 saturated heterocycles. The average molecular weight is 301 g/mol. The Labute approximate surface area is 133 Å². The van der Waals surface area contributed by atoms with Crippen molar-refractivity contribution in [2.45, 2.75) is 52.2 Å². The predicted octanol–water partition coefficient (Wildman–Crippen LogP) is 2.55. The lowest BCUT2D eigenvalue weighted by atomic mass is 9.85. The minimum atomic E-state index is -0.572. The average Bonchev–Trinajstić information content (AvgIpc) is 2.54. The molecule has 1 aliphatic heterocycles. The van der Waals surface area contributed by atoms with E-state index < -0.39 is 5.66 Å². The van der Waals surface area contributed by atoms with Crippen LogP contribution in [0.5, 0.6) is 0 Å². The van der Waals surface area contributed by atoms with Gasteiger partial charge in [-0.05, 0) is 25.3 Å². The Bertz CT molecular complexity index is 551. The summed E-state index contributed by atoms with van der Waals surface area (Å²) in [5.74, 6) is 1.38. The molecule has 0 radical (unpaired) electrons. The van der Waals surface area contributed by atoms with Gasteiger partial charge in [-0.25, -0.2) is 9.98 Å². The Kier molecular flexibility index (Phi) is 5.06. The molecule has 0 fully saturated rings. The zero-order valence-corrected chi connectivity index (χ0v) is 13.9. The molecule has 5 heteroatoms. The third kappa shape index (κ3) is 3.24. The summed E-state index contributed by atoms with van der Waals surface area (Å²) in [5.41, 5.74) is 6.60. The zero-order chi connectivity index (χ0) is 16.2. The summed E-state index contributed by atoms with van der Waals surface area (Å²) in [6.45, 7) is 8.55. The van der Waals surface area contributed by atoms with Crippen LogP contribution in [-0.2, 0) is 5.66 Å². The molecular formula is C17H27N5. The largest absolute Gasteiger partial charge is 0.370 e. The van der Waals surface area contributed by atoms with Gasteiger partial charge in [0.05, 0.1) is 6.04 Å². The summed E-state index contributed by atoms with van der Waals surface area (Å²) >= 11 is 0. The van der Waals surface area contributed by atoms with E-state index in [1.165, 1.54) is 0 Å². The van der Waals surface area contributed by atoms with E-state index in [1.807, 2.05) is 18.2 Å². The van der Waals surface area contributed by atoms with Gasteiger partial charge in [0.25, 0.3) is 0 Å². The maximum Gasteiger partial charge on any atom is 0.200 e. The third-order valence-corrected chi connectivity index (χ3v) is 4.33. The predicted molar refractivity (Wildman–Crippen MR) is 92.7 cm³/mol.